The molecule has 0 aliphatic rings. The van der Waals surface area contributed by atoms with Crippen LogP contribution in [0.25, 0.3) is 0 Å². The zero-order valence-corrected chi connectivity index (χ0v) is 13.8. The number of aromatic carboxylic acids is 1. The molecule has 0 aliphatic heterocycles. The van der Waals surface area contributed by atoms with E-state index in [2.05, 4.69) is 9.71 Å². The Balaban J connectivity index is 3.59. The molecule has 0 radical (unpaired) electrons. The summed E-state index contributed by atoms with van der Waals surface area (Å²) < 4.78 is 8.17. The number of benzene rings is 1. The van der Waals surface area contributed by atoms with E-state index in [1.165, 1.54) is 19.3 Å². The van der Waals surface area contributed by atoms with Crippen molar-refractivity contribution in [3.8, 4) is 5.75 Å². The van der Waals surface area contributed by atoms with Crippen molar-refractivity contribution in [2.75, 3.05) is 10.2 Å². The second kappa shape index (κ2) is 5.80. The van der Waals surface area contributed by atoms with Gasteiger partial charge in [0.15, 0.2) is 0 Å². The molecule has 6 heteroatoms. The first kappa shape index (κ1) is 13.7. The molecule has 1 rings (SSSR count). The topological polar surface area (TPSA) is 82.4 Å². The molecule has 1 aromatic rings. The van der Waals surface area contributed by atoms with E-state index in [1.54, 1.807) is 6.07 Å². The van der Waals surface area contributed by atoms with Crippen LogP contribution < -0.4 is 7.86 Å². The van der Waals surface area contributed by atoms with E-state index in [4.69, 9.17) is 15.3 Å². The molecular formula is C11H11N2O3Tl. The Morgan fingerprint density at radius 1 is 1.65 bits per heavy atom. The Kier molecular flexibility index (Phi) is 4.67. The molecule has 3 N–H and O–H groups in total. The average molecular weight is 424 g/mol. The first-order valence-electron chi connectivity index (χ1n) is 4.69. The van der Waals surface area contributed by atoms with Crippen molar-refractivity contribution < 1.29 is 14.6 Å². The van der Waals surface area contributed by atoms with E-state index in [-0.39, 0.29) is 17.0 Å². The summed E-state index contributed by atoms with van der Waals surface area (Å²) in [5, 5.41) is 16.8. The predicted molar refractivity (Wildman–Crippen MR) is 66.4 cm³/mol. The number of hydrogen-bond donors (Lipinski definition) is 3. The fraction of sp³-hybridized carbons (Fsp3) is 0.0909. The van der Waals surface area contributed by atoms with Crippen LogP contribution in [0, 0.1) is 5.41 Å². The Labute approximate surface area is 115 Å². The number of methoxy groups -OCH3 is 1. The molecular weight excluding hydrogens is 413 g/mol. The first-order valence-corrected chi connectivity index (χ1v) is 6.93. The van der Waals surface area contributed by atoms with Gasteiger partial charge in [-0.2, -0.15) is 0 Å². The van der Waals surface area contributed by atoms with Crippen molar-refractivity contribution in [3.63, 3.8) is 0 Å². The fourth-order valence-electron chi connectivity index (χ4n) is 1.45. The van der Waals surface area contributed by atoms with Gasteiger partial charge in [-0.3, -0.25) is 0 Å². The van der Waals surface area contributed by atoms with Crippen molar-refractivity contribution >= 4 is 43.4 Å². The third-order valence-corrected chi connectivity index (χ3v) is 3.43. The monoisotopic (exact) mass is 424 g/mol. The van der Waals surface area contributed by atoms with Crippen molar-refractivity contribution in [1.82, 2.24) is 0 Å². The number of anilines is 1. The molecule has 1 aromatic carbocycles. The first-order chi connectivity index (χ1) is 8.06. The summed E-state index contributed by atoms with van der Waals surface area (Å²) in [6.45, 7) is 3.52. The van der Waals surface area contributed by atoms with Gasteiger partial charge in [0.25, 0.3) is 0 Å². The van der Waals surface area contributed by atoms with E-state index in [1.807, 2.05) is 0 Å². The zero-order chi connectivity index (χ0) is 13.0. The molecule has 0 heterocycles. The van der Waals surface area contributed by atoms with Crippen LogP contribution >= 0.6 is 0 Å². The van der Waals surface area contributed by atoms with Crippen molar-refractivity contribution in [3.05, 3.63) is 35.9 Å². The summed E-state index contributed by atoms with van der Waals surface area (Å²) in [7, 11) is 1.39. The van der Waals surface area contributed by atoms with E-state index < -0.39 is 5.97 Å². The minimum absolute atomic E-state index is 0.0399. The van der Waals surface area contributed by atoms with Gasteiger partial charge in [-0.15, -0.1) is 0 Å². The maximum absolute atomic E-state index is 11.1. The molecule has 0 saturated heterocycles. The Hall–Kier alpha value is -1.38. The molecule has 0 aliphatic carbocycles. The normalized spacial score (nSPS) is 9.41. The fourth-order valence-corrected chi connectivity index (χ4v) is 2.39. The number of carboxylic acids is 1. The van der Waals surface area contributed by atoms with Crippen LogP contribution in [0.2, 0.25) is 0 Å². The summed E-state index contributed by atoms with van der Waals surface area (Å²) in [4.78, 5) is 11.1. The van der Waals surface area contributed by atoms with E-state index >= 15 is 0 Å². The van der Waals surface area contributed by atoms with Crippen LogP contribution in [0.4, 0.5) is 5.69 Å². The number of hydrogen-bond acceptors (Lipinski definition) is 4. The van der Waals surface area contributed by atoms with Crippen LogP contribution in [-0.4, -0.2) is 50.0 Å². The van der Waals surface area contributed by atoms with Crippen LogP contribution in [0.5, 0.6) is 5.75 Å². The second-order valence-electron chi connectivity index (χ2n) is 3.14. The van der Waals surface area contributed by atoms with Gasteiger partial charge in [0.2, 0.25) is 0 Å². The molecule has 0 spiro atoms. The quantitative estimate of drug-likeness (QED) is 0.494. The molecule has 0 saturated carbocycles. The average Bonchev–Trinajstić information content (AvgIpc) is 2.35. The molecule has 17 heavy (non-hydrogen) atoms. The molecule has 0 unspecified atom stereocenters. The molecule has 5 nitrogen and oxygen atoms in total. The Morgan fingerprint density at radius 3 is 2.71 bits per heavy atom. The molecule has 0 amide bonds. The Bertz CT molecular complexity index is 486. The van der Waals surface area contributed by atoms with E-state index in [0.29, 0.717) is 37.3 Å². The third-order valence-electron chi connectivity index (χ3n) is 2.22. The van der Waals surface area contributed by atoms with Crippen LogP contribution in [0.15, 0.2) is 24.8 Å². The minimum atomic E-state index is -1.08. The summed E-state index contributed by atoms with van der Waals surface area (Å²) >= 11 is 0.483. The standard InChI is InChI=1S/C11H12N2O3.Tl/c1-3-7(12)9-8(13)5-4-6(11(14)15)10(9)16-2;/h3-5H,1H2,2H3,(H4,12,13,14,15);/q;+1/p-1. The van der Waals surface area contributed by atoms with Crippen molar-refractivity contribution in [2.45, 2.75) is 0 Å². The number of carbonyl (C=O) groups is 1. The molecule has 0 atom stereocenters. The zero-order valence-electron chi connectivity index (χ0n) is 9.28. The van der Waals surface area contributed by atoms with Gasteiger partial charge in [-0.05, 0) is 0 Å². The number of allylic oxidation sites excluding steroid dienone is 1. The van der Waals surface area contributed by atoms with Crippen molar-refractivity contribution in [2.24, 2.45) is 0 Å². The van der Waals surface area contributed by atoms with E-state index in [0.717, 1.165) is 0 Å². The van der Waals surface area contributed by atoms with Gasteiger partial charge in [-0.1, -0.05) is 0 Å². The molecule has 0 bridgehead atoms. The van der Waals surface area contributed by atoms with Crippen LogP contribution in [0.1, 0.15) is 15.9 Å². The van der Waals surface area contributed by atoms with Crippen LogP contribution in [-0.2, 0) is 0 Å². The predicted octanol–water partition coefficient (Wildman–Crippen LogP) is 1.44. The van der Waals surface area contributed by atoms with Gasteiger partial charge < -0.3 is 0 Å². The number of ether oxygens (including phenoxy) is 1. The number of carboxylic acid groups (broad SMARTS) is 1. The van der Waals surface area contributed by atoms with Gasteiger partial charge in [0, 0.05) is 0 Å². The summed E-state index contributed by atoms with van der Waals surface area (Å²) in [6, 6.07) is 3.10. The van der Waals surface area contributed by atoms with Gasteiger partial charge in [-0.25, -0.2) is 0 Å². The van der Waals surface area contributed by atoms with Crippen molar-refractivity contribution in [1.29, 1.82) is 5.41 Å². The van der Waals surface area contributed by atoms with Gasteiger partial charge >= 0.3 is 115 Å². The van der Waals surface area contributed by atoms with E-state index in [9.17, 15) is 4.79 Å². The SMILES string of the molecule is C=CC(=N)c1c([NH][Tl])ccc(C(=O)O)c1OC. The summed E-state index contributed by atoms with van der Waals surface area (Å²) in [5.74, 6) is -0.893. The van der Waals surface area contributed by atoms with Gasteiger partial charge in [0.05, 0.1) is 0 Å². The summed E-state index contributed by atoms with van der Waals surface area (Å²) in [6.07, 6.45) is 1.36. The third kappa shape index (κ3) is 2.65. The molecule has 0 aromatic heterocycles. The summed E-state index contributed by atoms with van der Waals surface area (Å²) in [5.41, 5.74) is 1.30. The Morgan fingerprint density at radius 2 is 2.29 bits per heavy atom. The molecule has 0 fully saturated rings. The molecule has 86 valence electrons. The van der Waals surface area contributed by atoms with Crippen LogP contribution in [0.3, 0.4) is 0 Å². The maximum atomic E-state index is 11.1. The number of nitrogens with one attached hydrogen (secondary N) is 2. The second-order valence-corrected chi connectivity index (χ2v) is 4.26. The number of rotatable bonds is 5. The van der Waals surface area contributed by atoms with Gasteiger partial charge in [0.1, 0.15) is 0 Å².